The summed E-state index contributed by atoms with van der Waals surface area (Å²) in [6.07, 6.45) is 0. The molecule has 2 aromatic carbocycles. The number of halogens is 3. The van der Waals surface area contributed by atoms with E-state index in [4.69, 9.17) is 27.9 Å². The predicted octanol–water partition coefficient (Wildman–Crippen LogP) is 3.61. The largest absolute Gasteiger partial charge is 0.452 e. The summed E-state index contributed by atoms with van der Waals surface area (Å²) in [5, 5.41) is 2.85. The zero-order valence-corrected chi connectivity index (χ0v) is 13.3. The van der Waals surface area contributed by atoms with Crippen LogP contribution in [0.1, 0.15) is 15.9 Å². The molecule has 1 amide bonds. The Kier molecular flexibility index (Phi) is 5.96. The quantitative estimate of drug-likeness (QED) is 0.833. The summed E-state index contributed by atoms with van der Waals surface area (Å²) < 4.78 is 17.6. The van der Waals surface area contributed by atoms with E-state index in [9.17, 15) is 14.0 Å². The number of hydrogen-bond donors (Lipinski definition) is 1. The molecule has 23 heavy (non-hydrogen) atoms. The number of hydrogen-bond acceptors (Lipinski definition) is 3. The van der Waals surface area contributed by atoms with Gasteiger partial charge in [-0.15, -0.1) is 0 Å². The number of esters is 1. The van der Waals surface area contributed by atoms with Gasteiger partial charge in [-0.3, -0.25) is 4.79 Å². The first kappa shape index (κ1) is 17.2. The van der Waals surface area contributed by atoms with Crippen molar-refractivity contribution in [3.63, 3.8) is 0 Å². The SMILES string of the molecule is O=C(COC(=O)c1cccc(Cl)c1Cl)NCc1ccc(F)cc1. The molecule has 0 aliphatic heterocycles. The van der Waals surface area contributed by atoms with Crippen LogP contribution in [-0.2, 0) is 16.1 Å². The molecule has 120 valence electrons. The van der Waals surface area contributed by atoms with Crippen LogP contribution in [0.3, 0.4) is 0 Å². The molecule has 0 fully saturated rings. The maximum Gasteiger partial charge on any atom is 0.340 e. The highest BCUT2D eigenvalue weighted by atomic mass is 35.5. The lowest BCUT2D eigenvalue weighted by atomic mass is 10.2. The van der Waals surface area contributed by atoms with Crippen molar-refractivity contribution in [2.75, 3.05) is 6.61 Å². The summed E-state index contributed by atoms with van der Waals surface area (Å²) in [6.45, 7) is -0.253. The van der Waals surface area contributed by atoms with E-state index in [0.29, 0.717) is 0 Å². The molecule has 0 spiro atoms. The zero-order chi connectivity index (χ0) is 16.8. The van der Waals surface area contributed by atoms with Crippen LogP contribution in [-0.4, -0.2) is 18.5 Å². The highest BCUT2D eigenvalue weighted by molar-refractivity contribution is 6.43. The van der Waals surface area contributed by atoms with E-state index in [-0.39, 0.29) is 28.0 Å². The number of nitrogens with one attached hydrogen (secondary N) is 1. The molecule has 0 unspecified atom stereocenters. The van der Waals surface area contributed by atoms with Gasteiger partial charge >= 0.3 is 5.97 Å². The Labute approximate surface area is 142 Å². The van der Waals surface area contributed by atoms with Crippen molar-refractivity contribution in [2.45, 2.75) is 6.54 Å². The highest BCUT2D eigenvalue weighted by Crippen LogP contribution is 2.25. The summed E-state index contributed by atoms with van der Waals surface area (Å²) in [6, 6.07) is 10.2. The molecule has 0 heterocycles. The fourth-order valence-electron chi connectivity index (χ4n) is 1.72. The van der Waals surface area contributed by atoms with Crippen LogP contribution in [0.2, 0.25) is 10.0 Å². The van der Waals surface area contributed by atoms with Crippen LogP contribution in [0.25, 0.3) is 0 Å². The van der Waals surface area contributed by atoms with E-state index in [0.717, 1.165) is 5.56 Å². The van der Waals surface area contributed by atoms with Crippen molar-refractivity contribution in [2.24, 2.45) is 0 Å². The fourth-order valence-corrected chi connectivity index (χ4v) is 2.10. The summed E-state index contributed by atoms with van der Waals surface area (Å²) >= 11 is 11.7. The minimum absolute atomic E-state index is 0.0749. The van der Waals surface area contributed by atoms with E-state index < -0.39 is 18.5 Å². The third kappa shape index (κ3) is 4.94. The second-order valence-corrected chi connectivity index (χ2v) is 5.37. The molecule has 0 radical (unpaired) electrons. The number of carbonyl (C=O) groups is 2. The first-order valence-corrected chi connectivity index (χ1v) is 7.35. The van der Waals surface area contributed by atoms with E-state index in [1.165, 1.54) is 24.3 Å². The van der Waals surface area contributed by atoms with Gasteiger partial charge in [0, 0.05) is 6.54 Å². The normalized spacial score (nSPS) is 10.2. The Morgan fingerprint density at radius 1 is 1.09 bits per heavy atom. The van der Waals surface area contributed by atoms with Crippen molar-refractivity contribution >= 4 is 35.1 Å². The minimum atomic E-state index is -0.741. The van der Waals surface area contributed by atoms with Gasteiger partial charge in [-0.2, -0.15) is 0 Å². The monoisotopic (exact) mass is 355 g/mol. The number of carbonyl (C=O) groups excluding carboxylic acids is 2. The molecule has 4 nitrogen and oxygen atoms in total. The molecule has 7 heteroatoms. The summed E-state index contributed by atoms with van der Waals surface area (Å²) in [7, 11) is 0. The van der Waals surface area contributed by atoms with Crippen LogP contribution in [0.5, 0.6) is 0 Å². The van der Waals surface area contributed by atoms with Crippen molar-refractivity contribution in [3.8, 4) is 0 Å². The minimum Gasteiger partial charge on any atom is -0.452 e. The summed E-state index contributed by atoms with van der Waals surface area (Å²) in [5.41, 5.74) is 0.814. The average Bonchev–Trinajstić information content (AvgIpc) is 2.54. The molecular weight excluding hydrogens is 344 g/mol. The van der Waals surface area contributed by atoms with Crippen LogP contribution < -0.4 is 5.32 Å². The van der Waals surface area contributed by atoms with Crippen molar-refractivity contribution in [3.05, 3.63) is 69.5 Å². The standard InChI is InChI=1S/C16H12Cl2FNO3/c17-13-3-1-2-12(15(13)18)16(22)23-9-14(21)20-8-10-4-6-11(19)7-5-10/h1-7H,8-9H2,(H,20,21). The number of rotatable bonds is 5. The molecule has 2 rings (SSSR count). The first-order valence-electron chi connectivity index (χ1n) is 6.59. The Hall–Kier alpha value is -2.11. The van der Waals surface area contributed by atoms with Gasteiger partial charge in [-0.25, -0.2) is 9.18 Å². The smallest absolute Gasteiger partial charge is 0.340 e. The van der Waals surface area contributed by atoms with E-state index in [1.807, 2.05) is 0 Å². The van der Waals surface area contributed by atoms with Gasteiger partial charge in [0.05, 0.1) is 15.6 Å². The second-order valence-electron chi connectivity index (χ2n) is 4.58. The molecule has 0 saturated carbocycles. The molecular formula is C16H12Cl2FNO3. The van der Waals surface area contributed by atoms with Crippen LogP contribution in [0.4, 0.5) is 4.39 Å². The molecule has 2 aromatic rings. The van der Waals surface area contributed by atoms with Crippen molar-refractivity contribution < 1.29 is 18.7 Å². The van der Waals surface area contributed by atoms with Gasteiger partial charge in [0.15, 0.2) is 6.61 Å². The molecule has 1 N–H and O–H groups in total. The van der Waals surface area contributed by atoms with Gasteiger partial charge in [0.25, 0.3) is 5.91 Å². The third-order valence-electron chi connectivity index (χ3n) is 2.91. The molecule has 0 aliphatic rings. The van der Waals surface area contributed by atoms with Gasteiger partial charge in [0.1, 0.15) is 5.82 Å². The fraction of sp³-hybridized carbons (Fsp3) is 0.125. The van der Waals surface area contributed by atoms with Crippen LogP contribution >= 0.6 is 23.2 Å². The summed E-state index contributed by atoms with van der Waals surface area (Å²) in [4.78, 5) is 23.5. The van der Waals surface area contributed by atoms with Gasteiger partial charge in [-0.05, 0) is 29.8 Å². The Bertz CT molecular complexity index is 720. The Morgan fingerprint density at radius 3 is 2.48 bits per heavy atom. The van der Waals surface area contributed by atoms with Crippen LogP contribution in [0, 0.1) is 5.82 Å². The van der Waals surface area contributed by atoms with Gasteiger partial charge < -0.3 is 10.1 Å². The van der Waals surface area contributed by atoms with Crippen molar-refractivity contribution in [1.29, 1.82) is 0 Å². The van der Waals surface area contributed by atoms with E-state index in [2.05, 4.69) is 5.32 Å². The average molecular weight is 356 g/mol. The maximum absolute atomic E-state index is 12.8. The van der Waals surface area contributed by atoms with E-state index in [1.54, 1.807) is 18.2 Å². The Morgan fingerprint density at radius 2 is 1.78 bits per heavy atom. The molecule has 0 aromatic heterocycles. The third-order valence-corrected chi connectivity index (χ3v) is 3.73. The first-order chi connectivity index (χ1) is 11.0. The summed E-state index contributed by atoms with van der Waals surface area (Å²) in [5.74, 6) is -1.58. The second kappa shape index (κ2) is 7.94. The van der Waals surface area contributed by atoms with E-state index >= 15 is 0 Å². The number of ether oxygens (including phenoxy) is 1. The highest BCUT2D eigenvalue weighted by Gasteiger charge is 2.15. The molecule has 0 aliphatic carbocycles. The molecule has 0 saturated heterocycles. The van der Waals surface area contributed by atoms with Crippen LogP contribution in [0.15, 0.2) is 42.5 Å². The number of amides is 1. The topological polar surface area (TPSA) is 55.4 Å². The van der Waals surface area contributed by atoms with Crippen molar-refractivity contribution in [1.82, 2.24) is 5.32 Å². The number of benzene rings is 2. The molecule has 0 atom stereocenters. The van der Waals surface area contributed by atoms with Gasteiger partial charge in [-0.1, -0.05) is 41.4 Å². The zero-order valence-electron chi connectivity index (χ0n) is 11.8. The predicted molar refractivity (Wildman–Crippen MR) is 85.0 cm³/mol. The lowest BCUT2D eigenvalue weighted by Gasteiger charge is -2.08. The molecule has 0 bridgehead atoms. The van der Waals surface area contributed by atoms with Gasteiger partial charge in [0.2, 0.25) is 0 Å². The lowest BCUT2D eigenvalue weighted by Crippen LogP contribution is -2.28. The lowest BCUT2D eigenvalue weighted by molar-refractivity contribution is -0.124. The maximum atomic E-state index is 12.8. The Balaban J connectivity index is 1.83.